The van der Waals surface area contributed by atoms with Gasteiger partial charge in [0.25, 0.3) is 0 Å². The molecule has 0 spiro atoms. The van der Waals surface area contributed by atoms with Gasteiger partial charge in [-0.15, -0.1) is 0 Å². The highest BCUT2D eigenvalue weighted by Crippen LogP contribution is 2.26. The highest BCUT2D eigenvalue weighted by atomic mass is 16.5. The maximum atomic E-state index is 12.4. The van der Waals surface area contributed by atoms with Crippen LogP contribution in [0.3, 0.4) is 0 Å². The van der Waals surface area contributed by atoms with E-state index in [0.29, 0.717) is 6.61 Å². The number of para-hydroxylation sites is 1. The first kappa shape index (κ1) is 17.0. The SMILES string of the molecule is CN1CCN(CC2=Cc3ccccc3OC2)C[C@H](C(=O)N(C)C)C1. The lowest BCUT2D eigenvalue weighted by molar-refractivity contribution is -0.133. The van der Waals surface area contributed by atoms with Crippen molar-refractivity contribution in [2.24, 2.45) is 5.92 Å². The number of benzene rings is 1. The van der Waals surface area contributed by atoms with Crippen LogP contribution in [0.4, 0.5) is 0 Å². The highest BCUT2D eigenvalue weighted by molar-refractivity contribution is 5.78. The smallest absolute Gasteiger partial charge is 0.227 e. The van der Waals surface area contributed by atoms with Crippen LogP contribution < -0.4 is 4.74 Å². The number of fused-ring (bicyclic) bond motifs is 1. The molecule has 0 unspecified atom stereocenters. The van der Waals surface area contributed by atoms with E-state index in [4.69, 9.17) is 4.74 Å². The van der Waals surface area contributed by atoms with Crippen molar-refractivity contribution in [1.82, 2.24) is 14.7 Å². The van der Waals surface area contributed by atoms with Crippen LogP contribution in [0.5, 0.6) is 5.75 Å². The lowest BCUT2D eigenvalue weighted by Gasteiger charge is -2.27. The molecule has 1 atom stereocenters. The summed E-state index contributed by atoms with van der Waals surface area (Å²) in [5.41, 5.74) is 2.42. The van der Waals surface area contributed by atoms with Crippen molar-refractivity contribution in [3.05, 3.63) is 35.4 Å². The van der Waals surface area contributed by atoms with Gasteiger partial charge in [0.2, 0.25) is 5.91 Å². The molecule has 2 aliphatic rings. The van der Waals surface area contributed by atoms with E-state index in [1.165, 1.54) is 5.57 Å². The Balaban J connectivity index is 1.70. The van der Waals surface area contributed by atoms with Gasteiger partial charge in [-0.3, -0.25) is 9.69 Å². The fraction of sp³-hybridized carbons (Fsp3) is 0.526. The summed E-state index contributed by atoms with van der Waals surface area (Å²) < 4.78 is 5.86. The van der Waals surface area contributed by atoms with Crippen LogP contribution in [0.25, 0.3) is 6.08 Å². The van der Waals surface area contributed by atoms with E-state index in [9.17, 15) is 4.79 Å². The van der Waals surface area contributed by atoms with Gasteiger partial charge in [-0.1, -0.05) is 18.2 Å². The Morgan fingerprint density at radius 2 is 2.04 bits per heavy atom. The number of rotatable bonds is 3. The monoisotopic (exact) mass is 329 g/mol. The topological polar surface area (TPSA) is 36.0 Å². The molecular weight excluding hydrogens is 302 g/mol. The van der Waals surface area contributed by atoms with E-state index in [-0.39, 0.29) is 11.8 Å². The lowest BCUT2D eigenvalue weighted by Crippen LogP contribution is -2.40. The highest BCUT2D eigenvalue weighted by Gasteiger charge is 2.28. The largest absolute Gasteiger partial charge is 0.489 e. The fourth-order valence-corrected chi connectivity index (χ4v) is 3.45. The Hall–Kier alpha value is -1.85. The Morgan fingerprint density at radius 3 is 2.83 bits per heavy atom. The maximum Gasteiger partial charge on any atom is 0.227 e. The standard InChI is InChI=1S/C19H27N3O2/c1-20(2)19(23)17-12-21(3)8-9-22(13-17)11-15-10-16-6-4-5-7-18(16)24-14-15/h4-7,10,17H,8-9,11-14H2,1-3H3/t17-/m1/s1. The molecule has 1 saturated heterocycles. The van der Waals surface area contributed by atoms with Gasteiger partial charge >= 0.3 is 0 Å². The molecule has 5 nitrogen and oxygen atoms in total. The van der Waals surface area contributed by atoms with Crippen LogP contribution in [-0.4, -0.2) is 81.1 Å². The summed E-state index contributed by atoms with van der Waals surface area (Å²) in [4.78, 5) is 18.8. The van der Waals surface area contributed by atoms with Crippen molar-refractivity contribution < 1.29 is 9.53 Å². The first-order valence-corrected chi connectivity index (χ1v) is 8.56. The van der Waals surface area contributed by atoms with Crippen LogP contribution >= 0.6 is 0 Å². The first-order chi connectivity index (χ1) is 11.5. The normalized spacial score (nSPS) is 22.1. The summed E-state index contributed by atoms with van der Waals surface area (Å²) in [5, 5.41) is 0. The van der Waals surface area contributed by atoms with Crippen LogP contribution in [0.15, 0.2) is 29.8 Å². The van der Waals surface area contributed by atoms with Crippen molar-refractivity contribution in [1.29, 1.82) is 0 Å². The minimum Gasteiger partial charge on any atom is -0.489 e. The second-order valence-electron chi connectivity index (χ2n) is 7.06. The van der Waals surface area contributed by atoms with Crippen molar-refractivity contribution in [2.45, 2.75) is 0 Å². The molecule has 24 heavy (non-hydrogen) atoms. The van der Waals surface area contributed by atoms with Crippen LogP contribution in [-0.2, 0) is 4.79 Å². The number of carbonyl (C=O) groups excluding carboxylic acids is 1. The fourth-order valence-electron chi connectivity index (χ4n) is 3.45. The summed E-state index contributed by atoms with van der Waals surface area (Å²) in [5.74, 6) is 1.20. The van der Waals surface area contributed by atoms with E-state index in [0.717, 1.165) is 44.0 Å². The van der Waals surface area contributed by atoms with Gasteiger partial charge in [0.15, 0.2) is 0 Å². The van der Waals surface area contributed by atoms with E-state index in [1.54, 1.807) is 4.90 Å². The molecule has 1 amide bonds. The zero-order chi connectivity index (χ0) is 17.1. The molecule has 5 heteroatoms. The Kier molecular flexibility index (Phi) is 5.21. The Labute approximate surface area is 144 Å². The third kappa shape index (κ3) is 3.97. The number of hydrogen-bond donors (Lipinski definition) is 0. The molecule has 0 radical (unpaired) electrons. The second-order valence-corrected chi connectivity index (χ2v) is 7.06. The average molecular weight is 329 g/mol. The first-order valence-electron chi connectivity index (χ1n) is 8.56. The van der Waals surface area contributed by atoms with Gasteiger partial charge in [0, 0.05) is 52.4 Å². The minimum atomic E-state index is 0.0323. The zero-order valence-electron chi connectivity index (χ0n) is 14.9. The van der Waals surface area contributed by atoms with Gasteiger partial charge < -0.3 is 14.5 Å². The number of hydrogen-bond acceptors (Lipinski definition) is 4. The number of ether oxygens (including phenoxy) is 1. The quantitative estimate of drug-likeness (QED) is 0.840. The molecule has 0 aromatic heterocycles. The number of carbonyl (C=O) groups is 1. The average Bonchev–Trinajstić information content (AvgIpc) is 2.75. The summed E-state index contributed by atoms with van der Waals surface area (Å²) in [6.45, 7) is 5.09. The van der Waals surface area contributed by atoms with Gasteiger partial charge in [-0.2, -0.15) is 0 Å². The van der Waals surface area contributed by atoms with Gasteiger partial charge in [-0.05, 0) is 24.8 Å². The molecule has 1 aromatic carbocycles. The molecule has 130 valence electrons. The molecule has 1 aromatic rings. The van der Waals surface area contributed by atoms with Crippen molar-refractivity contribution in [3.63, 3.8) is 0 Å². The molecule has 0 saturated carbocycles. The second kappa shape index (κ2) is 7.36. The van der Waals surface area contributed by atoms with E-state index >= 15 is 0 Å². The summed E-state index contributed by atoms with van der Waals surface area (Å²) in [7, 11) is 5.77. The summed E-state index contributed by atoms with van der Waals surface area (Å²) in [6, 6.07) is 8.13. The van der Waals surface area contributed by atoms with E-state index in [1.807, 2.05) is 32.3 Å². The summed E-state index contributed by atoms with van der Waals surface area (Å²) in [6.07, 6.45) is 2.23. The molecule has 1 fully saturated rings. The van der Waals surface area contributed by atoms with Crippen molar-refractivity contribution in [2.75, 3.05) is 60.5 Å². The van der Waals surface area contributed by atoms with Crippen molar-refractivity contribution in [3.8, 4) is 5.75 Å². The van der Waals surface area contributed by atoms with E-state index in [2.05, 4.69) is 29.0 Å². The maximum absolute atomic E-state index is 12.4. The Bertz CT molecular complexity index is 627. The number of amides is 1. The molecule has 0 bridgehead atoms. The molecule has 0 N–H and O–H groups in total. The Morgan fingerprint density at radius 1 is 1.25 bits per heavy atom. The third-order valence-electron chi connectivity index (χ3n) is 4.72. The van der Waals surface area contributed by atoms with Crippen LogP contribution in [0.1, 0.15) is 5.56 Å². The molecule has 2 aliphatic heterocycles. The molecular formula is C19H27N3O2. The molecule has 2 heterocycles. The molecule has 3 rings (SSSR count). The summed E-state index contributed by atoms with van der Waals surface area (Å²) >= 11 is 0. The zero-order valence-corrected chi connectivity index (χ0v) is 14.9. The molecule has 0 aliphatic carbocycles. The van der Waals surface area contributed by atoms with Crippen LogP contribution in [0, 0.1) is 5.92 Å². The van der Waals surface area contributed by atoms with Gasteiger partial charge in [0.05, 0.1) is 5.92 Å². The predicted octanol–water partition coefficient (Wildman–Crippen LogP) is 1.41. The van der Waals surface area contributed by atoms with Crippen molar-refractivity contribution >= 4 is 12.0 Å². The number of nitrogens with zero attached hydrogens (tertiary/aromatic N) is 3. The lowest BCUT2D eigenvalue weighted by atomic mass is 10.1. The predicted molar refractivity (Wildman–Crippen MR) is 96.0 cm³/mol. The van der Waals surface area contributed by atoms with E-state index < -0.39 is 0 Å². The number of likely N-dealkylation sites (N-methyl/N-ethyl adjacent to an activating group) is 1. The van der Waals surface area contributed by atoms with Gasteiger partial charge in [0.1, 0.15) is 12.4 Å². The third-order valence-corrected chi connectivity index (χ3v) is 4.72. The van der Waals surface area contributed by atoms with Crippen LogP contribution in [0.2, 0.25) is 0 Å². The minimum absolute atomic E-state index is 0.0323. The van der Waals surface area contributed by atoms with Gasteiger partial charge in [-0.25, -0.2) is 0 Å².